The van der Waals surface area contributed by atoms with Crippen LogP contribution in [-0.4, -0.2) is 40.7 Å². The van der Waals surface area contributed by atoms with Crippen LogP contribution in [0.1, 0.15) is 45.6 Å². The zero-order valence-corrected chi connectivity index (χ0v) is 22.9. The van der Waals surface area contributed by atoms with E-state index in [0.717, 1.165) is 51.9 Å². The number of hydrogen-bond acceptors (Lipinski definition) is 6. The predicted molar refractivity (Wildman–Crippen MR) is 151 cm³/mol. The molecule has 0 fully saturated rings. The lowest BCUT2D eigenvalue weighted by Gasteiger charge is -2.28. The highest BCUT2D eigenvalue weighted by Gasteiger charge is 2.45. The van der Waals surface area contributed by atoms with Crippen LogP contribution in [0.5, 0.6) is 34.5 Å². The van der Waals surface area contributed by atoms with Crippen molar-refractivity contribution in [1.82, 2.24) is 0 Å². The van der Waals surface area contributed by atoms with Gasteiger partial charge in [0, 0.05) is 29.5 Å². The van der Waals surface area contributed by atoms with Gasteiger partial charge in [0.15, 0.2) is 0 Å². The van der Waals surface area contributed by atoms with Crippen molar-refractivity contribution in [2.45, 2.75) is 24.2 Å². The summed E-state index contributed by atoms with van der Waals surface area (Å²) in [5.74, 6) is 4.14. The molecule has 4 aromatic rings. The summed E-state index contributed by atoms with van der Waals surface area (Å²) in [4.78, 5) is 0. The molecule has 0 aliphatic heterocycles. The number of methoxy groups -OCH3 is 5. The highest BCUT2D eigenvalue weighted by atomic mass is 16.5. The molecule has 0 spiro atoms. The summed E-state index contributed by atoms with van der Waals surface area (Å²) in [7, 11) is 8.39. The molecule has 0 radical (unpaired) electrons. The maximum atomic E-state index is 9.91. The van der Waals surface area contributed by atoms with Gasteiger partial charge in [0.1, 0.15) is 34.5 Å². The second-order valence-corrected chi connectivity index (χ2v) is 9.73. The number of hydrogen-bond donors (Lipinski definition) is 1. The third kappa shape index (κ3) is 5.07. The fraction of sp³-hybridized carbons (Fsp3) is 0.273. The second-order valence-electron chi connectivity index (χ2n) is 9.73. The first-order chi connectivity index (χ1) is 19.0. The maximum Gasteiger partial charge on any atom is 0.126 e. The average molecular weight is 527 g/mol. The third-order valence-corrected chi connectivity index (χ3v) is 7.73. The minimum Gasteiger partial charge on any atom is -0.508 e. The van der Waals surface area contributed by atoms with E-state index in [2.05, 4.69) is 30.3 Å². The molecule has 1 aliphatic carbocycles. The number of fused-ring (bicyclic) bond motifs is 1. The Bertz CT molecular complexity index is 1410. The first-order valence-electron chi connectivity index (χ1n) is 12.9. The smallest absolute Gasteiger partial charge is 0.126 e. The van der Waals surface area contributed by atoms with Gasteiger partial charge in [-0.1, -0.05) is 24.3 Å². The quantitative estimate of drug-likeness (QED) is 0.262. The monoisotopic (exact) mass is 526 g/mol. The van der Waals surface area contributed by atoms with Gasteiger partial charge in [0.25, 0.3) is 0 Å². The summed E-state index contributed by atoms with van der Waals surface area (Å²) in [6, 6.07) is 25.9. The summed E-state index contributed by atoms with van der Waals surface area (Å²) in [6.45, 7) is 0. The van der Waals surface area contributed by atoms with Gasteiger partial charge < -0.3 is 28.8 Å². The number of phenolic OH excluding ortho intramolecular Hbond substituents is 1. The summed E-state index contributed by atoms with van der Waals surface area (Å²) < 4.78 is 28.5. The Hall–Kier alpha value is -4.32. The van der Waals surface area contributed by atoms with Crippen LogP contribution in [-0.2, 0) is 6.42 Å². The molecule has 0 aromatic heterocycles. The minimum absolute atomic E-state index is 0.0533. The molecule has 0 saturated carbocycles. The van der Waals surface area contributed by atoms with Crippen molar-refractivity contribution in [2.24, 2.45) is 0 Å². The van der Waals surface area contributed by atoms with E-state index in [9.17, 15) is 5.11 Å². The van der Waals surface area contributed by atoms with Gasteiger partial charge in [-0.05, 0) is 77.1 Å². The van der Waals surface area contributed by atoms with E-state index in [4.69, 9.17) is 23.7 Å². The number of aromatic hydroxyl groups is 1. The van der Waals surface area contributed by atoms with Gasteiger partial charge in [-0.15, -0.1) is 0 Å². The summed E-state index contributed by atoms with van der Waals surface area (Å²) in [6.07, 6.45) is 0.762. The molecule has 1 aliphatic rings. The Morgan fingerprint density at radius 2 is 1.18 bits per heavy atom. The molecule has 3 atom stereocenters. The van der Waals surface area contributed by atoms with Crippen molar-refractivity contribution in [3.05, 3.63) is 107 Å². The van der Waals surface area contributed by atoms with Gasteiger partial charge in [-0.3, -0.25) is 0 Å². The predicted octanol–water partition coefficient (Wildman–Crippen LogP) is 6.69. The van der Waals surface area contributed by atoms with Gasteiger partial charge in [0.05, 0.1) is 35.5 Å². The topological polar surface area (TPSA) is 66.4 Å². The van der Waals surface area contributed by atoms with Gasteiger partial charge in [-0.25, -0.2) is 0 Å². The van der Waals surface area contributed by atoms with Gasteiger partial charge in [0.2, 0.25) is 0 Å². The highest BCUT2D eigenvalue weighted by molar-refractivity contribution is 5.61. The largest absolute Gasteiger partial charge is 0.508 e. The number of benzene rings is 4. The Morgan fingerprint density at radius 1 is 0.590 bits per heavy atom. The lowest BCUT2D eigenvalue weighted by Crippen LogP contribution is -2.14. The van der Waals surface area contributed by atoms with E-state index in [0.29, 0.717) is 0 Å². The fourth-order valence-electron chi connectivity index (χ4n) is 5.91. The molecule has 39 heavy (non-hydrogen) atoms. The van der Waals surface area contributed by atoms with Crippen LogP contribution < -0.4 is 23.7 Å². The van der Waals surface area contributed by atoms with E-state index < -0.39 is 0 Å². The molecular formula is C33H34O6. The van der Waals surface area contributed by atoms with Crippen LogP contribution in [0, 0.1) is 0 Å². The number of phenols is 1. The Balaban J connectivity index is 1.77. The Morgan fingerprint density at radius 3 is 1.74 bits per heavy atom. The fourth-order valence-corrected chi connectivity index (χ4v) is 5.91. The lowest BCUT2D eigenvalue weighted by molar-refractivity contribution is 0.388. The summed E-state index contributed by atoms with van der Waals surface area (Å²) in [5, 5.41) is 9.91. The molecule has 0 amide bonds. The molecule has 1 N–H and O–H groups in total. The molecule has 0 saturated heterocycles. The van der Waals surface area contributed by atoms with Crippen LogP contribution in [0.3, 0.4) is 0 Å². The normalized spacial score (nSPS) is 17.8. The number of rotatable bonds is 9. The SMILES string of the molecule is COc1ccc([C@@H]2[C@H](c3cc(OC)cc(OC)c3)c3c(OC)cc(OC)cc3[C@@H]2Cc2ccc(O)cc2)cc1. The van der Waals surface area contributed by atoms with E-state index in [1.165, 1.54) is 11.1 Å². The molecule has 6 nitrogen and oxygen atoms in total. The van der Waals surface area contributed by atoms with Crippen molar-refractivity contribution in [2.75, 3.05) is 35.5 Å². The molecule has 5 rings (SSSR count). The lowest BCUT2D eigenvalue weighted by atomic mass is 9.76. The molecule has 0 heterocycles. The second kappa shape index (κ2) is 11.2. The van der Waals surface area contributed by atoms with Crippen molar-refractivity contribution in [1.29, 1.82) is 0 Å². The standard InChI is InChI=1S/C33H34O6/c1-35-24-12-8-21(9-13-24)31-28(14-20-6-10-23(34)11-7-20)29-18-27(38-4)19-30(39-5)33(29)32(31)22-15-25(36-2)17-26(16-22)37-3/h6-13,15-19,28,31-32,34H,14H2,1-5H3/t28-,31-,32-/m0/s1. The average Bonchev–Trinajstić information content (AvgIpc) is 3.31. The first-order valence-corrected chi connectivity index (χ1v) is 12.9. The molecule has 6 heteroatoms. The van der Waals surface area contributed by atoms with Crippen LogP contribution in [0.25, 0.3) is 0 Å². The van der Waals surface area contributed by atoms with Gasteiger partial charge >= 0.3 is 0 Å². The van der Waals surface area contributed by atoms with Gasteiger partial charge in [-0.2, -0.15) is 0 Å². The van der Waals surface area contributed by atoms with E-state index in [1.807, 2.05) is 36.4 Å². The van der Waals surface area contributed by atoms with Crippen LogP contribution >= 0.6 is 0 Å². The maximum absolute atomic E-state index is 9.91. The van der Waals surface area contributed by atoms with E-state index in [1.54, 1.807) is 47.7 Å². The van der Waals surface area contributed by atoms with E-state index in [-0.39, 0.29) is 23.5 Å². The van der Waals surface area contributed by atoms with Crippen molar-refractivity contribution < 1.29 is 28.8 Å². The summed E-state index contributed by atoms with van der Waals surface area (Å²) in [5.41, 5.74) is 5.69. The molecule has 0 unspecified atom stereocenters. The van der Waals surface area contributed by atoms with Crippen molar-refractivity contribution in [3.63, 3.8) is 0 Å². The minimum atomic E-state index is -0.0552. The Labute approximate surface area is 229 Å². The molecular weight excluding hydrogens is 492 g/mol. The van der Waals surface area contributed by atoms with Crippen LogP contribution in [0.15, 0.2) is 78.9 Å². The Kier molecular flexibility index (Phi) is 7.55. The van der Waals surface area contributed by atoms with Crippen LogP contribution in [0.4, 0.5) is 0 Å². The molecule has 202 valence electrons. The van der Waals surface area contributed by atoms with Crippen molar-refractivity contribution >= 4 is 0 Å². The summed E-state index contributed by atoms with van der Waals surface area (Å²) >= 11 is 0. The van der Waals surface area contributed by atoms with Crippen LogP contribution in [0.2, 0.25) is 0 Å². The molecule has 4 aromatic carbocycles. The highest BCUT2D eigenvalue weighted by Crippen LogP contribution is 2.59. The zero-order valence-electron chi connectivity index (χ0n) is 22.9. The molecule has 0 bridgehead atoms. The first kappa shape index (κ1) is 26.3. The van der Waals surface area contributed by atoms with Crippen molar-refractivity contribution in [3.8, 4) is 34.5 Å². The van der Waals surface area contributed by atoms with E-state index >= 15 is 0 Å². The third-order valence-electron chi connectivity index (χ3n) is 7.73. The number of ether oxygens (including phenoxy) is 5. The zero-order chi connectivity index (χ0) is 27.5.